The van der Waals surface area contributed by atoms with Gasteiger partial charge in [0.25, 0.3) is 0 Å². The van der Waals surface area contributed by atoms with E-state index in [0.717, 1.165) is 76.3 Å². The van der Waals surface area contributed by atoms with Gasteiger partial charge in [0.2, 0.25) is 0 Å². The topological polar surface area (TPSA) is 61.8 Å². The standard InChI is InChI=1S/C51H69FO5S2/c1-8-11-12-15-37-18-20-39(21-19-37)41-23-25-46(47(52)31-41)45-24-22-40(28-38(45)9-2)44-29-42(16-13-26-55-49(53)35(4)5)48(57-32-51(10-3,33-58)34-59)43(30-44)17-14-27-56-50(54)36(6)7/h22-25,28-31,37,39,58-59H,4,6,8-21,26-27,32-34H2,1-3,5,7H3. The number of carbonyl (C=O) groups excluding carboxylic acids is 2. The van der Waals surface area contributed by atoms with Gasteiger partial charge in [-0.3, -0.25) is 0 Å². The minimum Gasteiger partial charge on any atom is -0.492 e. The highest BCUT2D eigenvalue weighted by Gasteiger charge is 2.28. The molecule has 0 spiro atoms. The van der Waals surface area contributed by atoms with Gasteiger partial charge in [-0.1, -0.05) is 89.9 Å². The van der Waals surface area contributed by atoms with Gasteiger partial charge >= 0.3 is 11.9 Å². The highest BCUT2D eigenvalue weighted by molar-refractivity contribution is 7.81. The lowest BCUT2D eigenvalue weighted by molar-refractivity contribution is -0.139. The van der Waals surface area contributed by atoms with Gasteiger partial charge in [-0.25, -0.2) is 14.0 Å². The van der Waals surface area contributed by atoms with E-state index in [1.807, 2.05) is 6.07 Å². The van der Waals surface area contributed by atoms with E-state index in [1.54, 1.807) is 19.9 Å². The van der Waals surface area contributed by atoms with Crippen LogP contribution in [0, 0.1) is 17.2 Å². The van der Waals surface area contributed by atoms with E-state index in [0.29, 0.717) is 66.4 Å². The number of halogens is 1. The molecule has 0 amide bonds. The summed E-state index contributed by atoms with van der Waals surface area (Å²) in [5.41, 5.74) is 8.25. The molecule has 0 atom stereocenters. The lowest BCUT2D eigenvalue weighted by Crippen LogP contribution is -2.32. The quantitative estimate of drug-likeness (QED) is 0.0407. The number of benzene rings is 3. The van der Waals surface area contributed by atoms with Gasteiger partial charge < -0.3 is 14.2 Å². The van der Waals surface area contributed by atoms with Gasteiger partial charge in [0.05, 0.1) is 19.8 Å². The average Bonchev–Trinajstić information content (AvgIpc) is 3.24. The second-order valence-electron chi connectivity index (χ2n) is 16.8. The van der Waals surface area contributed by atoms with Crippen molar-refractivity contribution in [3.63, 3.8) is 0 Å². The molecule has 3 aromatic carbocycles. The maximum atomic E-state index is 16.1. The number of ether oxygens (including phenoxy) is 3. The van der Waals surface area contributed by atoms with Gasteiger partial charge in [0.1, 0.15) is 11.6 Å². The van der Waals surface area contributed by atoms with Crippen molar-refractivity contribution in [3.8, 4) is 28.0 Å². The van der Waals surface area contributed by atoms with Crippen LogP contribution in [0.15, 0.2) is 72.8 Å². The van der Waals surface area contributed by atoms with E-state index in [4.69, 9.17) is 14.2 Å². The highest BCUT2D eigenvalue weighted by atomic mass is 32.1. The Kier molecular flexibility index (Phi) is 19.7. The van der Waals surface area contributed by atoms with Gasteiger partial charge in [-0.2, -0.15) is 25.3 Å². The normalized spacial score (nSPS) is 15.5. The molecular formula is C51H69FO5S2. The molecule has 0 saturated heterocycles. The van der Waals surface area contributed by atoms with Crippen LogP contribution in [0.5, 0.6) is 5.75 Å². The maximum absolute atomic E-state index is 16.1. The van der Waals surface area contributed by atoms with Crippen molar-refractivity contribution in [2.45, 2.75) is 130 Å². The monoisotopic (exact) mass is 844 g/mol. The molecule has 1 aliphatic rings. The van der Waals surface area contributed by atoms with Crippen LogP contribution in [0.1, 0.15) is 133 Å². The van der Waals surface area contributed by atoms with E-state index >= 15 is 4.39 Å². The molecule has 1 fully saturated rings. The first-order chi connectivity index (χ1) is 28.4. The average molecular weight is 845 g/mol. The summed E-state index contributed by atoms with van der Waals surface area (Å²) in [6.07, 6.45) is 14.0. The summed E-state index contributed by atoms with van der Waals surface area (Å²) in [5, 5.41) is 0. The summed E-state index contributed by atoms with van der Waals surface area (Å²) in [7, 11) is 0. The molecule has 8 heteroatoms. The lowest BCUT2D eigenvalue weighted by Gasteiger charge is -2.30. The fourth-order valence-electron chi connectivity index (χ4n) is 8.07. The van der Waals surface area contributed by atoms with Crippen molar-refractivity contribution in [1.29, 1.82) is 0 Å². The molecule has 0 aromatic heterocycles. The number of hydrogen-bond acceptors (Lipinski definition) is 7. The largest absolute Gasteiger partial charge is 0.492 e. The molecule has 3 aromatic rings. The van der Waals surface area contributed by atoms with E-state index < -0.39 is 11.9 Å². The Bertz CT molecular complexity index is 1810. The number of hydrogen-bond donors (Lipinski definition) is 2. The number of esters is 2. The Morgan fingerprint density at radius 2 is 1.32 bits per heavy atom. The van der Waals surface area contributed by atoms with E-state index in [1.165, 1.54) is 38.5 Å². The minimum absolute atomic E-state index is 0.161. The first kappa shape index (κ1) is 48.2. The number of aryl methyl sites for hydroxylation is 3. The first-order valence-corrected chi connectivity index (χ1v) is 23.2. The molecule has 0 bridgehead atoms. The molecule has 0 N–H and O–H groups in total. The van der Waals surface area contributed by atoms with E-state index in [-0.39, 0.29) is 24.4 Å². The zero-order valence-corrected chi connectivity index (χ0v) is 38.2. The molecule has 1 aliphatic carbocycles. The predicted molar refractivity (Wildman–Crippen MR) is 250 cm³/mol. The van der Waals surface area contributed by atoms with Crippen LogP contribution in [0.25, 0.3) is 22.3 Å². The fraction of sp³-hybridized carbons (Fsp3) is 0.529. The van der Waals surface area contributed by atoms with Crippen molar-refractivity contribution >= 4 is 37.2 Å². The highest BCUT2D eigenvalue weighted by Crippen LogP contribution is 2.41. The maximum Gasteiger partial charge on any atom is 0.333 e. The van der Waals surface area contributed by atoms with Crippen molar-refractivity contribution in [2.75, 3.05) is 31.3 Å². The predicted octanol–water partition coefficient (Wildman–Crippen LogP) is 13.3. The summed E-state index contributed by atoms with van der Waals surface area (Å²) in [5.74, 6) is 2.30. The summed E-state index contributed by atoms with van der Waals surface area (Å²) in [6.45, 7) is 18.1. The second kappa shape index (κ2) is 24.1. The third-order valence-corrected chi connectivity index (χ3v) is 13.5. The lowest BCUT2D eigenvalue weighted by atomic mass is 9.77. The van der Waals surface area contributed by atoms with E-state index in [2.05, 4.69) is 95.6 Å². The summed E-state index contributed by atoms with van der Waals surface area (Å²) in [4.78, 5) is 24.4. The molecule has 1 saturated carbocycles. The van der Waals surface area contributed by atoms with Crippen LogP contribution in [0.3, 0.4) is 0 Å². The van der Waals surface area contributed by atoms with Crippen LogP contribution >= 0.6 is 25.3 Å². The van der Waals surface area contributed by atoms with Gasteiger partial charge in [0, 0.05) is 22.1 Å². The van der Waals surface area contributed by atoms with Crippen LogP contribution in [-0.2, 0) is 38.3 Å². The van der Waals surface area contributed by atoms with E-state index in [9.17, 15) is 9.59 Å². The molecule has 5 nitrogen and oxygen atoms in total. The SMILES string of the molecule is C=C(C)C(=O)OCCCc1cc(-c2ccc(-c3ccc(C4CCC(CCCCC)CC4)cc3F)c(CC)c2)cc(CCCOC(=O)C(=C)C)c1OCC(CC)(CS)CS. The number of rotatable bonds is 24. The summed E-state index contributed by atoms with van der Waals surface area (Å²) in [6, 6.07) is 16.6. The molecule has 59 heavy (non-hydrogen) atoms. The van der Waals surface area contributed by atoms with Gasteiger partial charge in [0.15, 0.2) is 0 Å². The van der Waals surface area contributed by atoms with Crippen molar-refractivity contribution in [2.24, 2.45) is 11.3 Å². The second-order valence-corrected chi connectivity index (χ2v) is 17.4. The van der Waals surface area contributed by atoms with Crippen LogP contribution in [0.2, 0.25) is 0 Å². The number of unbranched alkanes of at least 4 members (excludes halogenated alkanes) is 2. The first-order valence-electron chi connectivity index (χ1n) is 22.0. The Hall–Kier alpha value is -3.49. The molecule has 0 aliphatic heterocycles. The van der Waals surface area contributed by atoms with Crippen molar-refractivity contribution in [3.05, 3.63) is 101 Å². The summed E-state index contributed by atoms with van der Waals surface area (Å²) >= 11 is 9.35. The molecule has 322 valence electrons. The third kappa shape index (κ3) is 13.8. The number of thiol groups is 2. The summed E-state index contributed by atoms with van der Waals surface area (Å²) < 4.78 is 33.8. The Morgan fingerprint density at radius 1 is 0.746 bits per heavy atom. The molecular weight excluding hydrogens is 776 g/mol. The molecule has 0 unspecified atom stereocenters. The zero-order chi connectivity index (χ0) is 43.0. The van der Waals surface area contributed by atoms with Crippen molar-refractivity contribution < 1.29 is 28.2 Å². The Labute approximate surface area is 365 Å². The third-order valence-electron chi connectivity index (χ3n) is 12.2. The number of carbonyl (C=O) groups is 2. The van der Waals surface area contributed by atoms with Crippen molar-refractivity contribution in [1.82, 2.24) is 0 Å². The van der Waals surface area contributed by atoms with Crippen LogP contribution in [-0.4, -0.2) is 43.3 Å². The fourth-order valence-corrected chi connectivity index (χ4v) is 9.10. The van der Waals surface area contributed by atoms with Gasteiger partial charge in [-0.15, -0.1) is 0 Å². The molecule has 4 rings (SSSR count). The Balaban J connectivity index is 1.68. The zero-order valence-electron chi connectivity index (χ0n) is 36.4. The smallest absolute Gasteiger partial charge is 0.333 e. The molecule has 0 heterocycles. The van der Waals surface area contributed by atoms with Crippen LogP contribution in [0.4, 0.5) is 4.39 Å². The van der Waals surface area contributed by atoms with Gasteiger partial charge in [-0.05, 0) is 159 Å². The Morgan fingerprint density at radius 3 is 1.83 bits per heavy atom. The minimum atomic E-state index is -0.408. The van der Waals surface area contributed by atoms with Crippen LogP contribution < -0.4 is 4.74 Å². The molecule has 0 radical (unpaired) electrons.